The van der Waals surface area contributed by atoms with Gasteiger partial charge in [0.05, 0.1) is 12.1 Å². The van der Waals surface area contributed by atoms with Gasteiger partial charge in [0.15, 0.2) is 0 Å². The molecular weight excluding hydrogens is 390 g/mol. The molecule has 0 atom stereocenters. The second kappa shape index (κ2) is 8.11. The van der Waals surface area contributed by atoms with Crippen molar-refractivity contribution in [2.45, 2.75) is 33.0 Å². The summed E-state index contributed by atoms with van der Waals surface area (Å²) in [6, 6.07) is 10.3. The number of anilines is 2. The van der Waals surface area contributed by atoms with Gasteiger partial charge in [0.2, 0.25) is 5.95 Å². The molecular formula is C23H27N7O. The molecule has 1 fully saturated rings. The van der Waals surface area contributed by atoms with E-state index in [1.54, 1.807) is 0 Å². The van der Waals surface area contributed by atoms with Crippen molar-refractivity contribution in [1.29, 1.82) is 0 Å². The lowest BCUT2D eigenvalue weighted by atomic mass is 10.1. The van der Waals surface area contributed by atoms with Crippen LogP contribution < -0.4 is 15.5 Å². The van der Waals surface area contributed by atoms with E-state index in [2.05, 4.69) is 32.7 Å². The van der Waals surface area contributed by atoms with E-state index in [0.29, 0.717) is 24.7 Å². The SMILES string of the molecule is CC(C)N1Cc2c(NCc3cnc4ccccc4c3)nc(N3CCNCC3)nc2C1=O. The highest BCUT2D eigenvalue weighted by molar-refractivity contribution is 5.98. The van der Waals surface area contributed by atoms with E-state index in [0.717, 1.165) is 54.0 Å². The molecule has 8 nitrogen and oxygen atoms in total. The lowest BCUT2D eigenvalue weighted by Crippen LogP contribution is -2.44. The van der Waals surface area contributed by atoms with E-state index >= 15 is 0 Å². The van der Waals surface area contributed by atoms with Crippen LogP contribution in [0.5, 0.6) is 0 Å². The van der Waals surface area contributed by atoms with Crippen molar-refractivity contribution in [1.82, 2.24) is 25.2 Å². The standard InChI is InChI=1S/C23H27N7O/c1-15(2)30-14-18-20(22(30)31)27-23(29-9-7-24-8-10-29)28-21(18)26-13-16-11-17-5-3-4-6-19(17)25-12-16/h3-6,11-12,15,24H,7-10,13-14H2,1-2H3,(H,26,27,28). The van der Waals surface area contributed by atoms with Crippen molar-refractivity contribution in [3.8, 4) is 0 Å². The summed E-state index contributed by atoms with van der Waals surface area (Å²) < 4.78 is 0. The molecule has 2 N–H and O–H groups in total. The number of hydrogen-bond acceptors (Lipinski definition) is 7. The van der Waals surface area contributed by atoms with Crippen LogP contribution in [0.15, 0.2) is 36.5 Å². The van der Waals surface area contributed by atoms with Crippen LogP contribution in [0.1, 0.15) is 35.5 Å². The average Bonchev–Trinajstić information content (AvgIpc) is 3.15. The van der Waals surface area contributed by atoms with Gasteiger partial charge in [-0.3, -0.25) is 9.78 Å². The van der Waals surface area contributed by atoms with Gasteiger partial charge in [-0.05, 0) is 31.5 Å². The Labute approximate surface area is 181 Å². The van der Waals surface area contributed by atoms with E-state index in [1.807, 2.05) is 43.1 Å². The number of nitrogens with one attached hydrogen (secondary N) is 2. The van der Waals surface area contributed by atoms with Crippen LogP contribution in [0.25, 0.3) is 10.9 Å². The minimum absolute atomic E-state index is 0.0146. The molecule has 3 aromatic rings. The molecule has 160 valence electrons. The van der Waals surface area contributed by atoms with Gasteiger partial charge in [0, 0.05) is 55.9 Å². The summed E-state index contributed by atoms with van der Waals surface area (Å²) >= 11 is 0. The highest BCUT2D eigenvalue weighted by atomic mass is 16.2. The van der Waals surface area contributed by atoms with Crippen LogP contribution in [0, 0.1) is 0 Å². The van der Waals surface area contributed by atoms with E-state index in [-0.39, 0.29) is 11.9 Å². The number of carbonyl (C=O) groups is 1. The molecule has 2 aromatic heterocycles. The van der Waals surface area contributed by atoms with Crippen molar-refractivity contribution in [3.63, 3.8) is 0 Å². The van der Waals surface area contributed by atoms with Gasteiger partial charge in [-0.15, -0.1) is 0 Å². The van der Waals surface area contributed by atoms with Crippen molar-refractivity contribution in [2.24, 2.45) is 0 Å². The first-order valence-corrected chi connectivity index (χ1v) is 10.9. The zero-order chi connectivity index (χ0) is 21.4. The topological polar surface area (TPSA) is 86.3 Å². The number of benzene rings is 1. The molecule has 8 heteroatoms. The number of rotatable bonds is 5. The molecule has 0 bridgehead atoms. The van der Waals surface area contributed by atoms with Crippen LogP contribution >= 0.6 is 0 Å². The molecule has 1 saturated heterocycles. The molecule has 1 aromatic carbocycles. The fourth-order valence-corrected chi connectivity index (χ4v) is 4.15. The number of pyridine rings is 1. The fraction of sp³-hybridized carbons (Fsp3) is 0.391. The van der Waals surface area contributed by atoms with Crippen LogP contribution in [-0.4, -0.2) is 58.0 Å². The third kappa shape index (κ3) is 3.79. The molecule has 4 heterocycles. The molecule has 5 rings (SSSR count). The van der Waals surface area contributed by atoms with E-state index in [1.165, 1.54) is 0 Å². The summed E-state index contributed by atoms with van der Waals surface area (Å²) in [7, 11) is 0. The van der Waals surface area contributed by atoms with Crippen LogP contribution in [0.2, 0.25) is 0 Å². The first-order chi connectivity index (χ1) is 15.1. The lowest BCUT2D eigenvalue weighted by molar-refractivity contribution is 0.0726. The normalized spacial score (nSPS) is 16.3. The summed E-state index contributed by atoms with van der Waals surface area (Å²) in [5.74, 6) is 1.35. The van der Waals surface area contributed by atoms with Gasteiger partial charge in [0.1, 0.15) is 11.5 Å². The summed E-state index contributed by atoms with van der Waals surface area (Å²) in [5, 5.41) is 7.93. The average molecular weight is 418 g/mol. The Morgan fingerprint density at radius 2 is 1.97 bits per heavy atom. The number of piperazine rings is 1. The maximum Gasteiger partial charge on any atom is 0.273 e. The predicted molar refractivity (Wildman–Crippen MR) is 121 cm³/mol. The summed E-state index contributed by atoms with van der Waals surface area (Å²) in [6.45, 7) is 8.61. The lowest BCUT2D eigenvalue weighted by Gasteiger charge is -2.28. The van der Waals surface area contributed by atoms with Crippen LogP contribution in [-0.2, 0) is 13.1 Å². The minimum Gasteiger partial charge on any atom is -0.365 e. The molecule has 0 saturated carbocycles. The maximum atomic E-state index is 13.0. The monoisotopic (exact) mass is 417 g/mol. The molecule has 1 amide bonds. The van der Waals surface area contributed by atoms with Crippen molar-refractivity contribution in [3.05, 3.63) is 53.3 Å². The van der Waals surface area contributed by atoms with Gasteiger partial charge in [0.25, 0.3) is 5.91 Å². The Morgan fingerprint density at radius 3 is 2.77 bits per heavy atom. The molecule has 0 radical (unpaired) electrons. The van der Waals surface area contributed by atoms with Crippen molar-refractivity contribution in [2.75, 3.05) is 36.4 Å². The summed E-state index contributed by atoms with van der Waals surface area (Å²) in [4.78, 5) is 31.1. The number of aromatic nitrogens is 3. The van der Waals surface area contributed by atoms with Crippen LogP contribution in [0.4, 0.5) is 11.8 Å². The number of fused-ring (bicyclic) bond motifs is 2. The fourth-order valence-electron chi connectivity index (χ4n) is 4.15. The second-order valence-electron chi connectivity index (χ2n) is 8.35. The Kier molecular flexibility index (Phi) is 5.15. The molecule has 31 heavy (non-hydrogen) atoms. The zero-order valence-electron chi connectivity index (χ0n) is 17.9. The van der Waals surface area contributed by atoms with E-state index in [4.69, 9.17) is 9.97 Å². The minimum atomic E-state index is -0.0146. The van der Waals surface area contributed by atoms with Crippen LogP contribution in [0.3, 0.4) is 0 Å². The summed E-state index contributed by atoms with van der Waals surface area (Å²) in [5.41, 5.74) is 3.45. The molecule has 0 spiro atoms. The van der Waals surface area contributed by atoms with E-state index in [9.17, 15) is 4.79 Å². The van der Waals surface area contributed by atoms with Gasteiger partial charge in [-0.1, -0.05) is 18.2 Å². The number of amides is 1. The van der Waals surface area contributed by atoms with Crippen molar-refractivity contribution < 1.29 is 4.79 Å². The number of nitrogens with zero attached hydrogens (tertiary/aromatic N) is 5. The number of hydrogen-bond donors (Lipinski definition) is 2. The molecule has 0 aliphatic carbocycles. The smallest absolute Gasteiger partial charge is 0.273 e. The Morgan fingerprint density at radius 1 is 1.16 bits per heavy atom. The largest absolute Gasteiger partial charge is 0.365 e. The van der Waals surface area contributed by atoms with E-state index < -0.39 is 0 Å². The third-order valence-electron chi connectivity index (χ3n) is 5.92. The van der Waals surface area contributed by atoms with Crippen molar-refractivity contribution >= 4 is 28.6 Å². The predicted octanol–water partition coefficient (Wildman–Crippen LogP) is 2.41. The highest BCUT2D eigenvalue weighted by Gasteiger charge is 2.34. The zero-order valence-corrected chi connectivity index (χ0v) is 17.9. The second-order valence-corrected chi connectivity index (χ2v) is 8.35. The Balaban J connectivity index is 1.46. The molecule has 2 aliphatic heterocycles. The Hall–Kier alpha value is -3.26. The van der Waals surface area contributed by atoms with Gasteiger partial charge < -0.3 is 20.4 Å². The number of para-hydroxylation sites is 1. The summed E-state index contributed by atoms with van der Waals surface area (Å²) in [6.07, 6.45) is 1.89. The van der Waals surface area contributed by atoms with Gasteiger partial charge >= 0.3 is 0 Å². The molecule has 0 unspecified atom stereocenters. The van der Waals surface area contributed by atoms with Gasteiger partial charge in [-0.2, -0.15) is 4.98 Å². The first kappa shape index (κ1) is 19.7. The third-order valence-corrected chi connectivity index (χ3v) is 5.92. The molecule has 2 aliphatic rings. The Bertz CT molecular complexity index is 1120. The quantitative estimate of drug-likeness (QED) is 0.659. The highest BCUT2D eigenvalue weighted by Crippen LogP contribution is 2.30. The van der Waals surface area contributed by atoms with Gasteiger partial charge in [-0.25, -0.2) is 4.98 Å². The number of carbonyl (C=O) groups excluding carboxylic acids is 1. The first-order valence-electron chi connectivity index (χ1n) is 10.9. The maximum absolute atomic E-state index is 13.0.